The van der Waals surface area contributed by atoms with E-state index >= 15 is 0 Å². The van der Waals surface area contributed by atoms with Crippen LogP contribution in [0.1, 0.15) is 43.2 Å². The van der Waals surface area contributed by atoms with Gasteiger partial charge in [-0.3, -0.25) is 0 Å². The van der Waals surface area contributed by atoms with E-state index in [2.05, 4.69) is 9.97 Å². The first kappa shape index (κ1) is 18.1. The van der Waals surface area contributed by atoms with E-state index in [0.717, 1.165) is 0 Å². The van der Waals surface area contributed by atoms with Gasteiger partial charge < -0.3 is 16.2 Å². The van der Waals surface area contributed by atoms with Crippen molar-refractivity contribution in [1.29, 1.82) is 5.26 Å². The molecule has 1 aromatic heterocycles. The Labute approximate surface area is 152 Å². The van der Waals surface area contributed by atoms with Crippen LogP contribution in [0.4, 0.5) is 16.2 Å². The van der Waals surface area contributed by atoms with Gasteiger partial charge in [0.25, 0.3) is 0 Å². The number of nitrogens with zero attached hydrogens (tertiary/aromatic N) is 3. The molecule has 0 radical (unpaired) electrons. The standard InChI is InChI=1S/C19H22FN5O/c20-14-6-7-15(17-16(9-21)18(22)25-19(23)24-17)13(8-14)11-26-10-12-4-2-1-3-5-12/h6-8,12H,1-5,10-11H2,(H4,22,23,24,25). The maximum atomic E-state index is 13.8. The van der Waals surface area contributed by atoms with E-state index in [9.17, 15) is 9.65 Å². The molecule has 0 unspecified atom stereocenters. The van der Waals surface area contributed by atoms with Gasteiger partial charge in [-0.05, 0) is 42.5 Å². The van der Waals surface area contributed by atoms with E-state index in [1.54, 1.807) is 6.07 Å². The molecular weight excluding hydrogens is 333 g/mol. The summed E-state index contributed by atoms with van der Waals surface area (Å²) < 4.78 is 19.6. The largest absolute Gasteiger partial charge is 0.382 e. The number of nitrogen functional groups attached to an aromatic ring is 2. The lowest BCUT2D eigenvalue weighted by Gasteiger charge is -2.21. The highest BCUT2D eigenvalue weighted by molar-refractivity contribution is 5.75. The zero-order chi connectivity index (χ0) is 18.5. The van der Waals surface area contributed by atoms with Gasteiger partial charge >= 0.3 is 0 Å². The van der Waals surface area contributed by atoms with Crippen molar-refractivity contribution in [3.63, 3.8) is 0 Å². The number of hydrogen-bond donors (Lipinski definition) is 2. The Morgan fingerprint density at radius 1 is 1.19 bits per heavy atom. The average molecular weight is 355 g/mol. The van der Waals surface area contributed by atoms with Crippen molar-refractivity contribution in [1.82, 2.24) is 9.97 Å². The molecule has 6 nitrogen and oxygen atoms in total. The molecule has 26 heavy (non-hydrogen) atoms. The summed E-state index contributed by atoms with van der Waals surface area (Å²) in [7, 11) is 0. The SMILES string of the molecule is N#Cc1c(N)nc(N)nc1-c1ccc(F)cc1COCC1CCCCC1. The van der Waals surface area contributed by atoms with Crippen molar-refractivity contribution in [2.24, 2.45) is 5.92 Å². The summed E-state index contributed by atoms with van der Waals surface area (Å²) in [4.78, 5) is 7.97. The fourth-order valence-electron chi connectivity index (χ4n) is 3.40. The van der Waals surface area contributed by atoms with Crippen molar-refractivity contribution >= 4 is 11.8 Å². The molecule has 0 saturated heterocycles. The minimum Gasteiger partial charge on any atom is -0.382 e. The second-order valence-electron chi connectivity index (χ2n) is 6.62. The fraction of sp³-hybridized carbons (Fsp3) is 0.421. The predicted molar refractivity (Wildman–Crippen MR) is 97.2 cm³/mol. The van der Waals surface area contributed by atoms with E-state index in [1.807, 2.05) is 6.07 Å². The van der Waals surface area contributed by atoms with Crippen LogP contribution in [0.2, 0.25) is 0 Å². The first-order valence-electron chi connectivity index (χ1n) is 8.78. The molecule has 2 aromatic rings. The molecule has 3 rings (SSSR count). The second kappa shape index (κ2) is 8.11. The monoisotopic (exact) mass is 355 g/mol. The van der Waals surface area contributed by atoms with Crippen LogP contribution >= 0.6 is 0 Å². The van der Waals surface area contributed by atoms with Gasteiger partial charge in [-0.1, -0.05) is 19.3 Å². The van der Waals surface area contributed by atoms with Crippen LogP contribution < -0.4 is 11.5 Å². The van der Waals surface area contributed by atoms with Crippen LogP contribution in [-0.4, -0.2) is 16.6 Å². The number of ether oxygens (including phenoxy) is 1. The van der Waals surface area contributed by atoms with Gasteiger partial charge in [-0.25, -0.2) is 9.37 Å². The quantitative estimate of drug-likeness (QED) is 0.850. The molecule has 0 aliphatic heterocycles. The molecule has 1 saturated carbocycles. The highest BCUT2D eigenvalue weighted by atomic mass is 19.1. The lowest BCUT2D eigenvalue weighted by atomic mass is 9.90. The molecule has 0 bridgehead atoms. The molecule has 136 valence electrons. The Balaban J connectivity index is 1.86. The topological polar surface area (TPSA) is 111 Å². The van der Waals surface area contributed by atoms with E-state index in [1.165, 1.54) is 44.2 Å². The molecular formula is C19H22FN5O. The zero-order valence-electron chi connectivity index (χ0n) is 14.5. The van der Waals surface area contributed by atoms with Crippen LogP contribution in [0.25, 0.3) is 11.3 Å². The fourth-order valence-corrected chi connectivity index (χ4v) is 3.40. The normalized spacial score (nSPS) is 14.9. The summed E-state index contributed by atoms with van der Waals surface area (Å²) >= 11 is 0. The third kappa shape index (κ3) is 4.09. The van der Waals surface area contributed by atoms with Crippen LogP contribution in [0.3, 0.4) is 0 Å². The Morgan fingerprint density at radius 3 is 2.69 bits per heavy atom. The summed E-state index contributed by atoms with van der Waals surface area (Å²) in [5, 5.41) is 9.39. The van der Waals surface area contributed by atoms with Crippen LogP contribution in [-0.2, 0) is 11.3 Å². The second-order valence-corrected chi connectivity index (χ2v) is 6.62. The molecule has 1 fully saturated rings. The number of rotatable bonds is 5. The van der Waals surface area contributed by atoms with E-state index in [4.69, 9.17) is 16.2 Å². The van der Waals surface area contributed by atoms with Crippen molar-refractivity contribution in [2.45, 2.75) is 38.7 Å². The number of anilines is 2. The molecule has 1 heterocycles. The first-order chi connectivity index (χ1) is 12.6. The molecule has 0 atom stereocenters. The third-order valence-corrected chi connectivity index (χ3v) is 4.72. The smallest absolute Gasteiger partial charge is 0.222 e. The molecule has 1 aromatic carbocycles. The maximum absolute atomic E-state index is 13.8. The lowest BCUT2D eigenvalue weighted by Crippen LogP contribution is -2.13. The van der Waals surface area contributed by atoms with Crippen molar-refractivity contribution in [2.75, 3.05) is 18.1 Å². The number of halogens is 1. The van der Waals surface area contributed by atoms with Gasteiger partial charge in [0.05, 0.1) is 12.3 Å². The minimum atomic E-state index is -0.376. The summed E-state index contributed by atoms with van der Waals surface area (Å²) in [5.41, 5.74) is 13.1. The molecule has 4 N–H and O–H groups in total. The first-order valence-corrected chi connectivity index (χ1v) is 8.78. The van der Waals surface area contributed by atoms with Crippen LogP contribution in [0, 0.1) is 23.1 Å². The van der Waals surface area contributed by atoms with Crippen molar-refractivity contribution < 1.29 is 9.13 Å². The summed E-state index contributed by atoms with van der Waals surface area (Å²) in [6.45, 7) is 0.882. The summed E-state index contributed by atoms with van der Waals surface area (Å²) in [6, 6.07) is 6.28. The van der Waals surface area contributed by atoms with Gasteiger partial charge in [0.2, 0.25) is 5.95 Å². The Hall–Kier alpha value is -2.72. The van der Waals surface area contributed by atoms with E-state index in [0.29, 0.717) is 29.3 Å². The predicted octanol–water partition coefficient (Wildman–Crippen LogP) is 3.42. The number of aromatic nitrogens is 2. The summed E-state index contributed by atoms with van der Waals surface area (Å²) in [6.07, 6.45) is 6.12. The summed E-state index contributed by atoms with van der Waals surface area (Å²) in [5.74, 6) is 0.155. The molecule has 7 heteroatoms. The van der Waals surface area contributed by atoms with Gasteiger partial charge in [0.15, 0.2) is 0 Å². The minimum absolute atomic E-state index is 0.00778. The average Bonchev–Trinajstić information content (AvgIpc) is 2.62. The van der Waals surface area contributed by atoms with Crippen molar-refractivity contribution in [3.05, 3.63) is 35.1 Å². The lowest BCUT2D eigenvalue weighted by molar-refractivity contribution is 0.0740. The van der Waals surface area contributed by atoms with Gasteiger partial charge in [-0.2, -0.15) is 10.2 Å². The number of nitrogens with two attached hydrogens (primary N) is 2. The third-order valence-electron chi connectivity index (χ3n) is 4.72. The maximum Gasteiger partial charge on any atom is 0.222 e. The molecule has 1 aliphatic rings. The zero-order valence-corrected chi connectivity index (χ0v) is 14.5. The van der Waals surface area contributed by atoms with Crippen LogP contribution in [0.5, 0.6) is 0 Å². The molecule has 0 amide bonds. The Kier molecular flexibility index (Phi) is 5.64. The van der Waals surface area contributed by atoms with Gasteiger partial charge in [0.1, 0.15) is 23.3 Å². The van der Waals surface area contributed by atoms with E-state index in [-0.39, 0.29) is 29.8 Å². The Morgan fingerprint density at radius 2 is 1.96 bits per heavy atom. The van der Waals surface area contributed by atoms with Crippen molar-refractivity contribution in [3.8, 4) is 17.3 Å². The highest BCUT2D eigenvalue weighted by Crippen LogP contribution is 2.30. The highest BCUT2D eigenvalue weighted by Gasteiger charge is 2.18. The Bertz CT molecular complexity index is 827. The van der Waals surface area contributed by atoms with Gasteiger partial charge in [0, 0.05) is 12.2 Å². The van der Waals surface area contributed by atoms with E-state index < -0.39 is 0 Å². The van der Waals surface area contributed by atoms with Crippen LogP contribution in [0.15, 0.2) is 18.2 Å². The number of benzene rings is 1. The number of hydrogen-bond acceptors (Lipinski definition) is 6. The molecule has 1 aliphatic carbocycles. The van der Waals surface area contributed by atoms with Gasteiger partial charge in [-0.15, -0.1) is 0 Å². The number of nitriles is 1. The molecule has 0 spiro atoms.